The van der Waals surface area contributed by atoms with E-state index in [-0.39, 0.29) is 24.3 Å². The van der Waals surface area contributed by atoms with E-state index in [1.807, 2.05) is 4.90 Å². The van der Waals surface area contributed by atoms with Crippen LogP contribution in [-0.4, -0.2) is 40.2 Å². The van der Waals surface area contributed by atoms with Crippen molar-refractivity contribution in [3.05, 3.63) is 29.3 Å². The fourth-order valence-electron chi connectivity index (χ4n) is 2.68. The van der Waals surface area contributed by atoms with E-state index >= 15 is 0 Å². The zero-order valence-corrected chi connectivity index (χ0v) is 11.3. The summed E-state index contributed by atoms with van der Waals surface area (Å²) in [6.45, 7) is 2.75. The van der Waals surface area contributed by atoms with Gasteiger partial charge in [0, 0.05) is 24.8 Å². The fourth-order valence-corrected chi connectivity index (χ4v) is 2.68. The predicted octanol–water partition coefficient (Wildman–Crippen LogP) is 2.08. The first kappa shape index (κ1) is 13.9. The highest BCUT2D eigenvalue weighted by molar-refractivity contribution is 5.95. The molecule has 1 atom stereocenters. The molecular formula is C15H21NO3. The molecule has 0 aromatic heterocycles. The minimum absolute atomic E-state index is 0.0311. The molecule has 1 fully saturated rings. The first-order valence-corrected chi connectivity index (χ1v) is 6.85. The Morgan fingerprint density at radius 2 is 2.26 bits per heavy atom. The van der Waals surface area contributed by atoms with Gasteiger partial charge in [0.25, 0.3) is 5.91 Å². The molecule has 2 rings (SSSR count). The highest BCUT2D eigenvalue weighted by Gasteiger charge is 2.28. The maximum Gasteiger partial charge on any atom is 0.254 e. The number of phenolic OH excluding ortho intramolecular Hbond substituents is 1. The van der Waals surface area contributed by atoms with Crippen LogP contribution in [0.2, 0.25) is 0 Å². The first-order valence-electron chi connectivity index (χ1n) is 6.85. The van der Waals surface area contributed by atoms with E-state index in [0.29, 0.717) is 5.56 Å². The van der Waals surface area contributed by atoms with Crippen molar-refractivity contribution in [2.45, 2.75) is 38.6 Å². The van der Waals surface area contributed by atoms with Gasteiger partial charge in [0.15, 0.2) is 0 Å². The third-order valence-corrected chi connectivity index (χ3v) is 3.78. The van der Waals surface area contributed by atoms with Gasteiger partial charge in [0.2, 0.25) is 0 Å². The summed E-state index contributed by atoms with van der Waals surface area (Å²) in [5.41, 5.74) is 1.35. The van der Waals surface area contributed by atoms with Gasteiger partial charge >= 0.3 is 0 Å². The molecule has 1 aliphatic rings. The molecule has 0 bridgehead atoms. The molecule has 4 heteroatoms. The number of phenols is 1. The lowest BCUT2D eigenvalue weighted by Gasteiger charge is -2.24. The predicted molar refractivity (Wildman–Crippen MR) is 73.2 cm³/mol. The highest BCUT2D eigenvalue weighted by Crippen LogP contribution is 2.25. The number of likely N-dealkylation sites (tertiary alicyclic amines) is 1. The summed E-state index contributed by atoms with van der Waals surface area (Å²) in [5.74, 6) is 0.248. The third kappa shape index (κ3) is 3.07. The topological polar surface area (TPSA) is 60.8 Å². The molecule has 1 aromatic carbocycles. The smallest absolute Gasteiger partial charge is 0.254 e. The number of nitrogens with zero attached hydrogens (tertiary/aromatic N) is 1. The number of aliphatic hydroxyl groups excluding tert-OH is 1. The summed E-state index contributed by atoms with van der Waals surface area (Å²) in [5, 5.41) is 18.4. The van der Waals surface area contributed by atoms with Gasteiger partial charge in [-0.3, -0.25) is 4.79 Å². The van der Waals surface area contributed by atoms with Gasteiger partial charge in [0.05, 0.1) is 0 Å². The summed E-state index contributed by atoms with van der Waals surface area (Å²) >= 11 is 0. The average Bonchev–Trinajstić information content (AvgIpc) is 2.87. The monoisotopic (exact) mass is 263 g/mol. The molecule has 4 nitrogen and oxygen atoms in total. The number of carbonyl (C=O) groups is 1. The van der Waals surface area contributed by atoms with Crippen molar-refractivity contribution in [3.8, 4) is 5.75 Å². The Morgan fingerprint density at radius 3 is 2.95 bits per heavy atom. The van der Waals surface area contributed by atoms with Crippen LogP contribution in [0.15, 0.2) is 18.2 Å². The number of aliphatic hydroxyl groups is 1. The summed E-state index contributed by atoms with van der Waals surface area (Å²) in [4.78, 5) is 14.4. The van der Waals surface area contributed by atoms with Gasteiger partial charge in [-0.1, -0.05) is 0 Å². The zero-order chi connectivity index (χ0) is 13.8. The molecule has 1 aliphatic heterocycles. The molecule has 0 aliphatic carbocycles. The van der Waals surface area contributed by atoms with Crippen molar-refractivity contribution in [1.82, 2.24) is 4.90 Å². The second kappa shape index (κ2) is 6.06. The van der Waals surface area contributed by atoms with Crippen molar-refractivity contribution >= 4 is 5.91 Å². The van der Waals surface area contributed by atoms with E-state index in [1.165, 1.54) is 0 Å². The normalized spacial score (nSPS) is 18.8. The van der Waals surface area contributed by atoms with Crippen LogP contribution in [0.25, 0.3) is 0 Å². The van der Waals surface area contributed by atoms with Crippen LogP contribution in [-0.2, 0) is 0 Å². The van der Waals surface area contributed by atoms with E-state index in [4.69, 9.17) is 5.11 Å². The number of rotatable bonds is 4. The zero-order valence-electron chi connectivity index (χ0n) is 11.3. The lowest BCUT2D eigenvalue weighted by Crippen LogP contribution is -2.35. The minimum atomic E-state index is 0.0311. The van der Waals surface area contributed by atoms with Crippen molar-refractivity contribution < 1.29 is 15.0 Å². The number of aryl methyl sites for hydroxylation is 1. The molecule has 104 valence electrons. The van der Waals surface area contributed by atoms with Crippen molar-refractivity contribution in [2.24, 2.45) is 0 Å². The molecule has 0 radical (unpaired) electrons. The molecule has 19 heavy (non-hydrogen) atoms. The van der Waals surface area contributed by atoms with Crippen molar-refractivity contribution in [2.75, 3.05) is 13.2 Å². The van der Waals surface area contributed by atoms with Gasteiger partial charge in [0.1, 0.15) is 5.75 Å². The maximum absolute atomic E-state index is 12.5. The molecular weight excluding hydrogens is 242 g/mol. The van der Waals surface area contributed by atoms with Crippen LogP contribution >= 0.6 is 0 Å². The Bertz CT molecular complexity index is 459. The number of benzene rings is 1. The lowest BCUT2D eigenvalue weighted by molar-refractivity contribution is 0.0724. The lowest BCUT2D eigenvalue weighted by atomic mass is 10.1. The van der Waals surface area contributed by atoms with E-state index in [1.54, 1.807) is 25.1 Å². The van der Waals surface area contributed by atoms with Crippen LogP contribution in [0.4, 0.5) is 0 Å². The average molecular weight is 263 g/mol. The van der Waals surface area contributed by atoms with Gasteiger partial charge in [-0.25, -0.2) is 0 Å². The van der Waals surface area contributed by atoms with Gasteiger partial charge < -0.3 is 15.1 Å². The van der Waals surface area contributed by atoms with Crippen LogP contribution in [0.1, 0.15) is 41.6 Å². The van der Waals surface area contributed by atoms with E-state index < -0.39 is 0 Å². The number of amides is 1. The fraction of sp³-hybridized carbons (Fsp3) is 0.533. The molecule has 1 aromatic rings. The quantitative estimate of drug-likeness (QED) is 0.874. The minimum Gasteiger partial charge on any atom is -0.508 e. The molecule has 1 saturated heterocycles. The summed E-state index contributed by atoms with van der Waals surface area (Å²) in [7, 11) is 0. The molecule has 1 unspecified atom stereocenters. The van der Waals surface area contributed by atoms with E-state index in [9.17, 15) is 9.90 Å². The Hall–Kier alpha value is -1.55. The maximum atomic E-state index is 12.5. The first-order chi connectivity index (χ1) is 9.13. The standard InChI is InChI=1S/C15H21NO3/c1-11-10-12(6-7-14(11)18)15(19)16-8-2-4-13(16)5-3-9-17/h6-7,10,13,17-18H,2-5,8-9H2,1H3. The second-order valence-electron chi connectivity index (χ2n) is 5.16. The second-order valence-corrected chi connectivity index (χ2v) is 5.16. The number of carbonyl (C=O) groups excluding carboxylic acids is 1. The molecule has 0 spiro atoms. The Labute approximate surface area is 113 Å². The van der Waals surface area contributed by atoms with E-state index in [2.05, 4.69) is 0 Å². The SMILES string of the molecule is Cc1cc(C(=O)N2CCCC2CCCO)ccc1O. The van der Waals surface area contributed by atoms with E-state index in [0.717, 1.165) is 37.8 Å². The van der Waals surface area contributed by atoms with Gasteiger partial charge in [-0.15, -0.1) is 0 Å². The van der Waals surface area contributed by atoms with Crippen LogP contribution < -0.4 is 0 Å². The highest BCUT2D eigenvalue weighted by atomic mass is 16.3. The Balaban J connectivity index is 2.11. The van der Waals surface area contributed by atoms with Crippen LogP contribution in [0.5, 0.6) is 5.75 Å². The molecule has 1 amide bonds. The van der Waals surface area contributed by atoms with Crippen LogP contribution in [0, 0.1) is 6.92 Å². The number of hydrogen-bond donors (Lipinski definition) is 2. The van der Waals surface area contributed by atoms with Crippen LogP contribution in [0.3, 0.4) is 0 Å². The van der Waals surface area contributed by atoms with Crippen molar-refractivity contribution in [1.29, 1.82) is 0 Å². The third-order valence-electron chi connectivity index (χ3n) is 3.78. The molecule has 2 N–H and O–H groups in total. The number of aromatic hydroxyl groups is 1. The number of hydrogen-bond acceptors (Lipinski definition) is 3. The van der Waals surface area contributed by atoms with Crippen molar-refractivity contribution in [3.63, 3.8) is 0 Å². The Morgan fingerprint density at radius 1 is 1.47 bits per heavy atom. The molecule has 1 heterocycles. The summed E-state index contributed by atoms with van der Waals surface area (Å²) in [6, 6.07) is 5.22. The summed E-state index contributed by atoms with van der Waals surface area (Å²) < 4.78 is 0. The van der Waals surface area contributed by atoms with Gasteiger partial charge in [-0.2, -0.15) is 0 Å². The van der Waals surface area contributed by atoms with Gasteiger partial charge in [-0.05, 0) is 56.4 Å². The molecule has 0 saturated carbocycles. The largest absolute Gasteiger partial charge is 0.508 e. The summed E-state index contributed by atoms with van der Waals surface area (Å²) in [6.07, 6.45) is 3.64. The Kier molecular flexibility index (Phi) is 4.43.